The molecule has 0 aliphatic rings. The van der Waals surface area contributed by atoms with Gasteiger partial charge in [-0.25, -0.2) is 16.8 Å². The molecule has 0 aliphatic carbocycles. The van der Waals surface area contributed by atoms with Crippen LogP contribution in [-0.2, 0) is 43.5 Å². The third-order valence-electron chi connectivity index (χ3n) is 2.23. The Kier molecular flexibility index (Phi) is 7.06. The fourth-order valence-electron chi connectivity index (χ4n) is 1.51. The van der Waals surface area contributed by atoms with Crippen LogP contribution in [0.2, 0.25) is 0 Å². The summed E-state index contributed by atoms with van der Waals surface area (Å²) in [6.45, 7) is 2.48. The molecule has 0 unspecified atom stereocenters. The van der Waals surface area contributed by atoms with E-state index in [9.17, 15) is 33.7 Å². The molecule has 0 bridgehead atoms. The minimum Gasteiger partial charge on any atom is -0.228 e. The van der Waals surface area contributed by atoms with Crippen molar-refractivity contribution in [3.8, 4) is 23.7 Å². The van der Waals surface area contributed by atoms with Gasteiger partial charge in [-0.3, -0.25) is 0 Å². The summed E-state index contributed by atoms with van der Waals surface area (Å²) < 4.78 is 94.3. The van der Waals surface area contributed by atoms with Gasteiger partial charge in [-0.05, 0) is 13.8 Å². The summed E-state index contributed by atoms with van der Waals surface area (Å²) in [5.41, 5.74) is 0. The van der Waals surface area contributed by atoms with Crippen LogP contribution in [0.1, 0.15) is 13.8 Å². The van der Waals surface area contributed by atoms with E-state index in [0.717, 1.165) is 0 Å². The minimum atomic E-state index is -5.03. The van der Waals surface area contributed by atoms with Crippen molar-refractivity contribution >= 4 is 39.9 Å². The summed E-state index contributed by atoms with van der Waals surface area (Å²) in [4.78, 5) is 0. The summed E-state index contributed by atoms with van der Waals surface area (Å²) in [5, 5.41) is -1.58. The van der Waals surface area contributed by atoms with Crippen LogP contribution in [0.15, 0.2) is 0 Å². The summed E-state index contributed by atoms with van der Waals surface area (Å²) in [5.74, 6) is 7.34. The number of sulfone groups is 2. The predicted molar refractivity (Wildman–Crippen MR) is 88.0 cm³/mol. The van der Waals surface area contributed by atoms with Crippen molar-refractivity contribution in [2.24, 2.45) is 0 Å². The third-order valence-corrected chi connectivity index (χ3v) is 9.34. The van der Waals surface area contributed by atoms with E-state index in [4.69, 9.17) is 0 Å². The lowest BCUT2D eigenvalue weighted by Gasteiger charge is -2.20. The van der Waals surface area contributed by atoms with Crippen molar-refractivity contribution in [2.75, 3.05) is 23.3 Å². The SMILES string of the molecule is CC#CC(C#CC)(CS(=O)(=O)OS(=O)(=O)CS(C)(=O)=O)S(C)(=O)=O. The maximum Gasteiger partial charge on any atom is 0.296 e. The lowest BCUT2D eigenvalue weighted by molar-refractivity contribution is 0.462. The van der Waals surface area contributed by atoms with Crippen LogP contribution < -0.4 is 0 Å². The Hall–Kier alpha value is -1.12. The molecule has 24 heavy (non-hydrogen) atoms. The smallest absolute Gasteiger partial charge is 0.228 e. The molecule has 0 N–H and O–H groups in total. The number of hydrogen-bond acceptors (Lipinski definition) is 9. The first-order valence-electron chi connectivity index (χ1n) is 5.91. The summed E-state index contributed by atoms with van der Waals surface area (Å²) in [6.07, 6.45) is 1.24. The zero-order valence-electron chi connectivity index (χ0n) is 13.2. The molecule has 9 nitrogen and oxygen atoms in total. The lowest BCUT2D eigenvalue weighted by atomic mass is 10.2. The minimum absolute atomic E-state index is 0.562. The second-order valence-electron chi connectivity index (χ2n) is 4.72. The highest BCUT2D eigenvalue weighted by atomic mass is 32.3. The van der Waals surface area contributed by atoms with Crippen molar-refractivity contribution in [3.05, 3.63) is 0 Å². The van der Waals surface area contributed by atoms with E-state index in [-0.39, 0.29) is 0 Å². The van der Waals surface area contributed by atoms with Gasteiger partial charge in [-0.2, -0.15) is 16.8 Å². The standard InChI is InChI=1S/C11H16O9S4/c1-5-7-11(8-6-2,22(4,14)15)9-23(16,17)20-24(18,19)10-21(3,12)13/h9-10H2,1-4H3. The zero-order chi connectivity index (χ0) is 19.4. The molecule has 13 heteroatoms. The maximum absolute atomic E-state index is 11.9. The molecule has 0 saturated heterocycles. The lowest BCUT2D eigenvalue weighted by Crippen LogP contribution is -2.43. The van der Waals surface area contributed by atoms with E-state index >= 15 is 0 Å². The Morgan fingerprint density at radius 1 is 0.792 bits per heavy atom. The average Bonchev–Trinajstić information content (AvgIpc) is 2.21. The fraction of sp³-hybridized carbons (Fsp3) is 0.636. The molecule has 0 atom stereocenters. The van der Waals surface area contributed by atoms with Gasteiger partial charge >= 0.3 is 0 Å². The van der Waals surface area contributed by atoms with E-state index in [1.54, 1.807) is 0 Å². The average molecular weight is 421 g/mol. The Morgan fingerprint density at radius 2 is 1.21 bits per heavy atom. The molecule has 0 spiro atoms. The van der Waals surface area contributed by atoms with Gasteiger partial charge in [0.15, 0.2) is 24.8 Å². The van der Waals surface area contributed by atoms with E-state index in [1.165, 1.54) is 13.8 Å². The van der Waals surface area contributed by atoms with Crippen molar-refractivity contribution < 1.29 is 37.3 Å². The van der Waals surface area contributed by atoms with Crippen molar-refractivity contribution in [1.29, 1.82) is 0 Å². The zero-order valence-corrected chi connectivity index (χ0v) is 16.5. The van der Waals surface area contributed by atoms with Crippen LogP contribution in [0.25, 0.3) is 0 Å². The second kappa shape index (κ2) is 7.41. The fourth-order valence-corrected chi connectivity index (χ4v) is 8.08. The third kappa shape index (κ3) is 7.19. The molecule has 138 valence electrons. The Labute approximate surface area is 142 Å². The molecule has 0 aromatic heterocycles. The molecule has 0 fully saturated rings. The highest BCUT2D eigenvalue weighted by Gasteiger charge is 2.44. The summed E-state index contributed by atoms with van der Waals surface area (Å²) in [7, 11) is -18.3. The van der Waals surface area contributed by atoms with Gasteiger partial charge in [-0.1, -0.05) is 11.8 Å². The van der Waals surface area contributed by atoms with Crippen LogP contribution in [0.3, 0.4) is 0 Å². The molecule has 0 heterocycles. The van der Waals surface area contributed by atoms with Gasteiger partial charge in [0.25, 0.3) is 20.2 Å². The second-order valence-corrected chi connectivity index (χ2v) is 12.8. The van der Waals surface area contributed by atoms with Crippen LogP contribution >= 0.6 is 0 Å². The first kappa shape index (κ1) is 22.9. The van der Waals surface area contributed by atoms with Gasteiger partial charge in [0.2, 0.25) is 4.75 Å². The topological polar surface area (TPSA) is 146 Å². The largest absolute Gasteiger partial charge is 0.296 e. The molecule has 0 aromatic carbocycles. The Morgan fingerprint density at radius 3 is 1.50 bits per heavy atom. The quantitative estimate of drug-likeness (QED) is 0.449. The summed E-state index contributed by atoms with van der Waals surface area (Å²) >= 11 is 0. The van der Waals surface area contributed by atoms with Crippen LogP contribution in [0.4, 0.5) is 0 Å². The molecule has 0 aliphatic heterocycles. The van der Waals surface area contributed by atoms with Crippen LogP contribution in [0, 0.1) is 23.7 Å². The molecular weight excluding hydrogens is 404 g/mol. The first-order chi connectivity index (χ1) is 10.5. The molecular formula is C11H16O9S4. The van der Waals surface area contributed by atoms with Gasteiger partial charge in [0.05, 0.1) is 0 Å². The molecule has 0 amide bonds. The van der Waals surface area contributed by atoms with Gasteiger partial charge in [0.1, 0.15) is 5.75 Å². The van der Waals surface area contributed by atoms with Gasteiger partial charge < -0.3 is 0 Å². The Balaban J connectivity index is 6.05. The van der Waals surface area contributed by atoms with Crippen molar-refractivity contribution in [2.45, 2.75) is 18.6 Å². The van der Waals surface area contributed by atoms with E-state index in [2.05, 4.69) is 27.3 Å². The van der Waals surface area contributed by atoms with E-state index in [0.29, 0.717) is 12.5 Å². The molecule has 0 radical (unpaired) electrons. The van der Waals surface area contributed by atoms with Crippen LogP contribution in [0.5, 0.6) is 0 Å². The highest BCUT2D eigenvalue weighted by molar-refractivity contribution is 8.09. The van der Waals surface area contributed by atoms with E-state index in [1.807, 2.05) is 0 Å². The highest BCUT2D eigenvalue weighted by Crippen LogP contribution is 2.20. The van der Waals surface area contributed by atoms with E-state index < -0.39 is 55.5 Å². The van der Waals surface area contributed by atoms with Gasteiger partial charge in [-0.15, -0.1) is 15.5 Å². The monoisotopic (exact) mass is 420 g/mol. The first-order valence-corrected chi connectivity index (χ1v) is 13.0. The normalized spacial score (nSPS) is 13.3. The van der Waals surface area contributed by atoms with Crippen molar-refractivity contribution in [1.82, 2.24) is 0 Å². The molecule has 0 saturated carbocycles. The number of rotatable bonds is 7. The maximum atomic E-state index is 11.9. The molecule has 0 aromatic rings. The number of hydrogen-bond donors (Lipinski definition) is 0. The summed E-state index contributed by atoms with van der Waals surface area (Å²) in [6, 6.07) is 0. The van der Waals surface area contributed by atoms with Crippen molar-refractivity contribution in [3.63, 3.8) is 0 Å². The predicted octanol–water partition coefficient (Wildman–Crippen LogP) is -1.51. The van der Waals surface area contributed by atoms with Crippen LogP contribution in [-0.4, -0.2) is 61.8 Å². The Bertz CT molecular complexity index is 1000. The van der Waals surface area contributed by atoms with Gasteiger partial charge in [0, 0.05) is 12.5 Å². The molecule has 0 rings (SSSR count).